The molecule has 0 unspecified atom stereocenters. The molecule has 1 heterocycles. The largest absolute Gasteiger partial charge is 0.495 e. The van der Waals surface area contributed by atoms with E-state index >= 15 is 0 Å². The minimum absolute atomic E-state index is 0.00833. The number of rotatable bonds is 8. The number of methoxy groups -OCH3 is 1. The zero-order valence-electron chi connectivity index (χ0n) is 19.6. The van der Waals surface area contributed by atoms with Crippen LogP contribution in [0.2, 0.25) is 5.02 Å². The number of hydrogen-bond acceptors (Lipinski definition) is 6. The maximum absolute atomic E-state index is 13.1. The molecule has 0 radical (unpaired) electrons. The molecule has 0 bridgehead atoms. The molecule has 0 aliphatic heterocycles. The summed E-state index contributed by atoms with van der Waals surface area (Å²) in [6.45, 7) is 2.13. The van der Waals surface area contributed by atoms with Crippen molar-refractivity contribution < 1.29 is 19.1 Å². The summed E-state index contributed by atoms with van der Waals surface area (Å²) >= 11 is 6.23. The second-order valence-corrected chi connectivity index (χ2v) is 8.03. The van der Waals surface area contributed by atoms with Gasteiger partial charge in [-0.25, -0.2) is 0 Å². The molecule has 0 aliphatic carbocycles. The first kappa shape index (κ1) is 24.7. The van der Waals surface area contributed by atoms with E-state index in [9.17, 15) is 14.4 Å². The van der Waals surface area contributed by atoms with Crippen LogP contribution in [0.1, 0.15) is 17.4 Å². The number of nitrogens with zero attached hydrogens (tertiary/aromatic N) is 2. The van der Waals surface area contributed by atoms with Crippen molar-refractivity contribution in [3.63, 3.8) is 0 Å². The molecule has 4 rings (SSSR count). The molecule has 0 aliphatic rings. The first-order chi connectivity index (χ1) is 17.4. The van der Waals surface area contributed by atoms with E-state index in [4.69, 9.17) is 21.1 Å². The van der Waals surface area contributed by atoms with Gasteiger partial charge in [0.15, 0.2) is 5.69 Å². The lowest BCUT2D eigenvalue weighted by molar-refractivity contribution is -0.115. The number of anilines is 1. The summed E-state index contributed by atoms with van der Waals surface area (Å²) in [5.74, 6) is 0.0919. The van der Waals surface area contributed by atoms with E-state index in [0.717, 1.165) is 4.68 Å². The van der Waals surface area contributed by atoms with Crippen LogP contribution in [-0.4, -0.2) is 41.9 Å². The summed E-state index contributed by atoms with van der Waals surface area (Å²) in [6, 6.07) is 18.3. The van der Waals surface area contributed by atoms with Crippen LogP contribution >= 0.6 is 11.6 Å². The van der Waals surface area contributed by atoms with Gasteiger partial charge in [0.25, 0.3) is 11.5 Å². The van der Waals surface area contributed by atoms with E-state index in [0.29, 0.717) is 40.3 Å². The lowest BCUT2D eigenvalue weighted by Gasteiger charge is -2.12. The molecule has 1 aromatic heterocycles. The number of amides is 2. The van der Waals surface area contributed by atoms with Crippen LogP contribution in [0, 0.1) is 0 Å². The van der Waals surface area contributed by atoms with Gasteiger partial charge < -0.3 is 20.1 Å². The first-order valence-electron chi connectivity index (χ1n) is 11.1. The molecule has 184 valence electrons. The van der Waals surface area contributed by atoms with E-state index in [2.05, 4.69) is 15.7 Å². The lowest BCUT2D eigenvalue weighted by atomic mass is 10.1. The van der Waals surface area contributed by atoms with Crippen molar-refractivity contribution in [2.45, 2.75) is 6.92 Å². The summed E-state index contributed by atoms with van der Waals surface area (Å²) in [6.07, 6.45) is 0. The van der Waals surface area contributed by atoms with Gasteiger partial charge in [-0.2, -0.15) is 9.78 Å². The molecular weight excluding hydrogens is 484 g/mol. The fourth-order valence-corrected chi connectivity index (χ4v) is 3.82. The van der Waals surface area contributed by atoms with Crippen LogP contribution < -0.4 is 25.7 Å². The summed E-state index contributed by atoms with van der Waals surface area (Å²) in [7, 11) is 1.48. The number of halogens is 1. The van der Waals surface area contributed by atoms with Crippen LogP contribution in [0.5, 0.6) is 11.5 Å². The third-order valence-electron chi connectivity index (χ3n) is 5.26. The molecule has 0 spiro atoms. The first-order valence-corrected chi connectivity index (χ1v) is 11.5. The van der Waals surface area contributed by atoms with E-state index in [1.54, 1.807) is 60.7 Å². The Labute approximate surface area is 211 Å². The van der Waals surface area contributed by atoms with Crippen molar-refractivity contribution in [2.75, 3.05) is 25.6 Å². The van der Waals surface area contributed by atoms with Crippen molar-refractivity contribution >= 4 is 39.9 Å². The SMILES string of the molecule is CCOc1ccc(NC(=O)CNC(=O)c2nn(-c3ccc(OC)c(Cl)c3)c(=O)c3ccccc23)cc1. The zero-order valence-corrected chi connectivity index (χ0v) is 20.3. The number of aromatic nitrogens is 2. The number of nitrogens with one attached hydrogen (secondary N) is 2. The second-order valence-electron chi connectivity index (χ2n) is 7.62. The minimum atomic E-state index is -0.610. The molecule has 0 fully saturated rings. The average molecular weight is 507 g/mol. The average Bonchev–Trinajstić information content (AvgIpc) is 2.89. The minimum Gasteiger partial charge on any atom is -0.495 e. The standard InChI is InChI=1S/C26H23ClN4O5/c1-3-36-18-11-8-16(9-12-18)29-23(32)15-28-25(33)24-19-6-4-5-7-20(19)26(34)31(30-24)17-10-13-22(35-2)21(27)14-17/h4-14H,3,15H2,1-2H3,(H,28,33)(H,29,32). The highest BCUT2D eigenvalue weighted by Crippen LogP contribution is 2.26. The number of hydrogen-bond donors (Lipinski definition) is 2. The van der Waals surface area contributed by atoms with Gasteiger partial charge in [-0.15, -0.1) is 0 Å². The third kappa shape index (κ3) is 5.31. The second kappa shape index (κ2) is 10.9. The van der Waals surface area contributed by atoms with Gasteiger partial charge in [0, 0.05) is 11.1 Å². The third-order valence-corrected chi connectivity index (χ3v) is 5.55. The van der Waals surface area contributed by atoms with Crippen molar-refractivity contribution in [1.82, 2.24) is 15.1 Å². The predicted molar refractivity (Wildman–Crippen MR) is 137 cm³/mol. The van der Waals surface area contributed by atoms with Gasteiger partial charge >= 0.3 is 0 Å². The van der Waals surface area contributed by atoms with E-state index in [1.165, 1.54) is 13.2 Å². The molecule has 2 N–H and O–H groups in total. The summed E-state index contributed by atoms with van der Waals surface area (Å²) in [5, 5.41) is 10.5. The van der Waals surface area contributed by atoms with Gasteiger partial charge in [0.1, 0.15) is 11.5 Å². The smallest absolute Gasteiger partial charge is 0.279 e. The normalized spacial score (nSPS) is 10.6. The topological polar surface area (TPSA) is 112 Å². The highest BCUT2D eigenvalue weighted by atomic mass is 35.5. The summed E-state index contributed by atoms with van der Waals surface area (Å²) < 4.78 is 11.6. The summed E-state index contributed by atoms with van der Waals surface area (Å²) in [5.41, 5.74) is 0.493. The molecule has 36 heavy (non-hydrogen) atoms. The molecule has 10 heteroatoms. The van der Waals surface area contributed by atoms with E-state index in [1.807, 2.05) is 6.92 Å². The Kier molecular flexibility index (Phi) is 7.50. The Morgan fingerprint density at radius 2 is 1.75 bits per heavy atom. The fourth-order valence-electron chi connectivity index (χ4n) is 3.57. The molecule has 3 aromatic carbocycles. The Balaban J connectivity index is 1.57. The number of fused-ring (bicyclic) bond motifs is 1. The Morgan fingerprint density at radius 3 is 2.42 bits per heavy atom. The maximum atomic E-state index is 13.1. The number of ether oxygens (including phenoxy) is 2. The van der Waals surface area contributed by atoms with Crippen molar-refractivity contribution in [3.05, 3.63) is 87.8 Å². The maximum Gasteiger partial charge on any atom is 0.279 e. The van der Waals surface area contributed by atoms with Crippen LogP contribution in [0.15, 0.2) is 71.5 Å². The van der Waals surface area contributed by atoms with Crippen molar-refractivity contribution in [1.29, 1.82) is 0 Å². The van der Waals surface area contributed by atoms with E-state index < -0.39 is 17.4 Å². The van der Waals surface area contributed by atoms with E-state index in [-0.39, 0.29) is 17.3 Å². The van der Waals surface area contributed by atoms with Crippen LogP contribution in [-0.2, 0) is 4.79 Å². The van der Waals surface area contributed by atoms with Gasteiger partial charge in [-0.05, 0) is 55.5 Å². The Morgan fingerprint density at radius 1 is 1.03 bits per heavy atom. The Hall–Kier alpha value is -4.37. The fraction of sp³-hybridized carbons (Fsp3) is 0.154. The van der Waals surface area contributed by atoms with Crippen LogP contribution in [0.25, 0.3) is 16.5 Å². The van der Waals surface area contributed by atoms with Gasteiger partial charge in [-0.3, -0.25) is 14.4 Å². The van der Waals surface area contributed by atoms with Gasteiger partial charge in [0.2, 0.25) is 5.91 Å². The highest BCUT2D eigenvalue weighted by molar-refractivity contribution is 6.32. The zero-order chi connectivity index (χ0) is 25.7. The number of carbonyl (C=O) groups excluding carboxylic acids is 2. The lowest BCUT2D eigenvalue weighted by Crippen LogP contribution is -2.35. The van der Waals surface area contributed by atoms with Crippen molar-refractivity contribution in [3.8, 4) is 17.2 Å². The number of carbonyl (C=O) groups is 2. The molecule has 0 saturated heterocycles. The van der Waals surface area contributed by atoms with Gasteiger partial charge in [-0.1, -0.05) is 29.8 Å². The van der Waals surface area contributed by atoms with Crippen LogP contribution in [0.4, 0.5) is 5.69 Å². The number of benzene rings is 3. The Bertz CT molecular complexity index is 1480. The molecular formula is C26H23ClN4O5. The quantitative estimate of drug-likeness (QED) is 0.376. The molecule has 0 saturated carbocycles. The highest BCUT2D eigenvalue weighted by Gasteiger charge is 2.19. The molecule has 4 aromatic rings. The van der Waals surface area contributed by atoms with Crippen LogP contribution in [0.3, 0.4) is 0 Å². The molecule has 9 nitrogen and oxygen atoms in total. The predicted octanol–water partition coefficient (Wildman–Crippen LogP) is 3.81. The summed E-state index contributed by atoms with van der Waals surface area (Å²) in [4.78, 5) is 38.6. The van der Waals surface area contributed by atoms with Gasteiger partial charge in [0.05, 0.1) is 36.4 Å². The van der Waals surface area contributed by atoms with Crippen molar-refractivity contribution in [2.24, 2.45) is 0 Å². The molecule has 0 atom stereocenters. The monoisotopic (exact) mass is 506 g/mol. The molecule has 2 amide bonds.